The van der Waals surface area contributed by atoms with Gasteiger partial charge in [0.15, 0.2) is 4.34 Å². The van der Waals surface area contributed by atoms with Crippen LogP contribution in [-0.4, -0.2) is 46.9 Å². The van der Waals surface area contributed by atoms with E-state index in [1.165, 1.54) is 41.5 Å². The zero-order chi connectivity index (χ0) is 25.7. The number of aromatic nitrogens is 2. The van der Waals surface area contributed by atoms with E-state index in [9.17, 15) is 14.4 Å². The molecule has 3 aromatic rings. The first-order valence-electron chi connectivity index (χ1n) is 11.5. The second-order valence-electron chi connectivity index (χ2n) is 7.91. The van der Waals surface area contributed by atoms with Gasteiger partial charge in [0.05, 0.1) is 30.1 Å². The molecule has 9 nitrogen and oxygen atoms in total. The van der Waals surface area contributed by atoms with Gasteiger partial charge in [0.2, 0.25) is 11.0 Å². The third kappa shape index (κ3) is 5.88. The van der Waals surface area contributed by atoms with E-state index in [4.69, 9.17) is 9.47 Å². The van der Waals surface area contributed by atoms with E-state index >= 15 is 0 Å². The lowest BCUT2D eigenvalue weighted by molar-refractivity contribution is -0.115. The number of benzene rings is 1. The van der Waals surface area contributed by atoms with Crippen LogP contribution in [0.25, 0.3) is 0 Å². The van der Waals surface area contributed by atoms with E-state index < -0.39 is 11.2 Å². The molecule has 0 radical (unpaired) electrons. The van der Waals surface area contributed by atoms with Gasteiger partial charge in [-0.15, -0.1) is 21.5 Å². The third-order valence-corrected chi connectivity index (χ3v) is 8.74. The summed E-state index contributed by atoms with van der Waals surface area (Å²) >= 11 is 3.86. The number of carbonyl (C=O) groups is 3. The molecular formula is C24H26N4O5S3. The van der Waals surface area contributed by atoms with Crippen molar-refractivity contribution in [3.8, 4) is 5.75 Å². The van der Waals surface area contributed by atoms with Gasteiger partial charge in [-0.25, -0.2) is 4.79 Å². The molecule has 2 heterocycles. The van der Waals surface area contributed by atoms with Gasteiger partial charge in [-0.05, 0) is 57.2 Å². The Labute approximate surface area is 221 Å². The summed E-state index contributed by atoms with van der Waals surface area (Å²) in [6.07, 6.45) is 3.81. The maximum Gasteiger partial charge on any atom is 0.341 e. The maximum atomic E-state index is 13.0. The SMILES string of the molecule is CCOC(=O)c1c(NC(=O)C(C)Sc2nnc(NC(=O)c3ccccc3OC)s2)sc2c1CCCC2. The maximum absolute atomic E-state index is 13.0. The zero-order valence-corrected chi connectivity index (χ0v) is 22.5. The van der Waals surface area contributed by atoms with Gasteiger partial charge >= 0.3 is 5.97 Å². The molecule has 2 amide bonds. The van der Waals surface area contributed by atoms with Crippen LogP contribution >= 0.6 is 34.4 Å². The number of hydrogen-bond acceptors (Lipinski definition) is 10. The van der Waals surface area contributed by atoms with Gasteiger partial charge in [0, 0.05) is 4.88 Å². The molecule has 1 aliphatic rings. The smallest absolute Gasteiger partial charge is 0.341 e. The summed E-state index contributed by atoms with van der Waals surface area (Å²) < 4.78 is 11.0. The highest BCUT2D eigenvalue weighted by Gasteiger charge is 2.28. The molecule has 12 heteroatoms. The quantitative estimate of drug-likeness (QED) is 0.218. The third-order valence-electron chi connectivity index (χ3n) is 5.51. The number of carbonyl (C=O) groups excluding carboxylic acids is 3. The molecule has 1 aliphatic carbocycles. The van der Waals surface area contributed by atoms with Crippen molar-refractivity contribution in [3.63, 3.8) is 0 Å². The molecule has 4 rings (SSSR count). The Hall–Kier alpha value is -2.96. The predicted octanol–water partition coefficient (Wildman–Crippen LogP) is 5.04. The molecule has 2 N–H and O–H groups in total. The van der Waals surface area contributed by atoms with Crippen molar-refractivity contribution in [2.45, 2.75) is 49.1 Å². The molecule has 0 aliphatic heterocycles. The first-order valence-corrected chi connectivity index (χ1v) is 14.0. The minimum atomic E-state index is -0.509. The number of thiophene rings is 1. The van der Waals surface area contributed by atoms with Crippen molar-refractivity contribution in [1.82, 2.24) is 10.2 Å². The Bertz CT molecular complexity index is 1270. The van der Waals surface area contributed by atoms with Crippen molar-refractivity contribution >= 4 is 62.4 Å². The number of thioether (sulfide) groups is 1. The average molecular weight is 547 g/mol. The van der Waals surface area contributed by atoms with E-state index in [0.29, 0.717) is 31.3 Å². The van der Waals surface area contributed by atoms with Crippen LogP contribution in [0, 0.1) is 0 Å². The number of ether oxygens (including phenoxy) is 2. The summed E-state index contributed by atoms with van der Waals surface area (Å²) in [5.74, 6) is -0.554. The standard InChI is InChI=1S/C24H26N4O5S3/c1-4-33-22(31)18-15-10-6-8-12-17(15)35-21(18)25-19(29)13(2)34-24-28-27-23(36-24)26-20(30)14-9-5-7-11-16(14)32-3/h5,7,9,11,13H,4,6,8,10,12H2,1-3H3,(H,25,29)(H,26,27,30). The molecule has 1 atom stereocenters. The van der Waals surface area contributed by atoms with Gasteiger partial charge in [-0.1, -0.05) is 35.2 Å². The van der Waals surface area contributed by atoms with E-state index in [-0.39, 0.29) is 18.4 Å². The number of nitrogens with one attached hydrogen (secondary N) is 2. The largest absolute Gasteiger partial charge is 0.496 e. The molecule has 1 aromatic carbocycles. The van der Waals surface area contributed by atoms with E-state index in [2.05, 4.69) is 20.8 Å². The van der Waals surface area contributed by atoms with Crippen molar-refractivity contribution in [3.05, 3.63) is 45.8 Å². The fraction of sp³-hybridized carbons (Fsp3) is 0.375. The van der Waals surface area contributed by atoms with Gasteiger partial charge in [0.25, 0.3) is 5.91 Å². The molecule has 0 saturated carbocycles. The number of rotatable bonds is 9. The highest BCUT2D eigenvalue weighted by Crippen LogP contribution is 2.39. The highest BCUT2D eigenvalue weighted by atomic mass is 32.2. The van der Waals surface area contributed by atoms with Gasteiger partial charge < -0.3 is 14.8 Å². The monoisotopic (exact) mass is 546 g/mol. The van der Waals surface area contributed by atoms with Crippen molar-refractivity contribution in [2.75, 3.05) is 24.4 Å². The first kappa shape index (κ1) is 26.1. The molecule has 0 fully saturated rings. The minimum absolute atomic E-state index is 0.251. The summed E-state index contributed by atoms with van der Waals surface area (Å²) in [7, 11) is 1.50. The summed E-state index contributed by atoms with van der Waals surface area (Å²) in [4.78, 5) is 39.4. The number of esters is 1. The van der Waals surface area contributed by atoms with Crippen molar-refractivity contribution in [2.24, 2.45) is 0 Å². The van der Waals surface area contributed by atoms with Crippen LogP contribution in [0.1, 0.15) is 57.8 Å². The van der Waals surface area contributed by atoms with E-state index in [1.807, 2.05) is 0 Å². The van der Waals surface area contributed by atoms with E-state index in [0.717, 1.165) is 36.1 Å². The molecule has 0 spiro atoms. The molecule has 1 unspecified atom stereocenters. The normalized spacial score (nSPS) is 13.4. The molecular weight excluding hydrogens is 520 g/mol. The van der Waals surface area contributed by atoms with Gasteiger partial charge in [-0.3, -0.25) is 14.9 Å². The lowest BCUT2D eigenvalue weighted by atomic mass is 9.95. The molecule has 36 heavy (non-hydrogen) atoms. The number of nitrogens with zero attached hydrogens (tertiary/aromatic N) is 2. The Morgan fingerprint density at radius 1 is 1.11 bits per heavy atom. The van der Waals surface area contributed by atoms with E-state index in [1.54, 1.807) is 38.1 Å². The van der Waals surface area contributed by atoms with Gasteiger partial charge in [0.1, 0.15) is 10.8 Å². The van der Waals surface area contributed by atoms with Crippen molar-refractivity contribution < 1.29 is 23.9 Å². The lowest BCUT2D eigenvalue weighted by Gasteiger charge is -2.13. The van der Waals surface area contributed by atoms with Crippen LogP contribution in [0.5, 0.6) is 5.75 Å². The zero-order valence-electron chi connectivity index (χ0n) is 20.1. The van der Waals surface area contributed by atoms with Gasteiger partial charge in [-0.2, -0.15) is 0 Å². The second-order valence-corrected chi connectivity index (χ2v) is 11.6. The summed E-state index contributed by atoms with van der Waals surface area (Å²) in [6, 6.07) is 6.89. The Morgan fingerprint density at radius 3 is 2.67 bits per heavy atom. The molecule has 2 aromatic heterocycles. The number of hydrogen-bond donors (Lipinski definition) is 2. The summed E-state index contributed by atoms with van der Waals surface area (Å²) in [5.41, 5.74) is 1.87. The second kappa shape index (κ2) is 11.8. The Balaban J connectivity index is 1.41. The number of para-hydroxylation sites is 1. The minimum Gasteiger partial charge on any atom is -0.496 e. The predicted molar refractivity (Wildman–Crippen MR) is 142 cm³/mol. The number of anilines is 2. The average Bonchev–Trinajstić information content (AvgIpc) is 3.47. The fourth-order valence-electron chi connectivity index (χ4n) is 3.80. The molecule has 0 bridgehead atoms. The number of methoxy groups -OCH3 is 1. The topological polar surface area (TPSA) is 120 Å². The number of fused-ring (bicyclic) bond motifs is 1. The summed E-state index contributed by atoms with van der Waals surface area (Å²) in [6.45, 7) is 3.80. The Kier molecular flexibility index (Phi) is 8.60. The van der Waals surface area contributed by atoms with Crippen LogP contribution < -0.4 is 15.4 Å². The first-order chi connectivity index (χ1) is 17.4. The van der Waals surface area contributed by atoms with Crippen LogP contribution in [-0.2, 0) is 22.4 Å². The number of amides is 2. The van der Waals surface area contributed by atoms with Crippen molar-refractivity contribution in [1.29, 1.82) is 0 Å². The Morgan fingerprint density at radius 2 is 1.89 bits per heavy atom. The lowest BCUT2D eigenvalue weighted by Crippen LogP contribution is -2.23. The number of aryl methyl sites for hydroxylation is 1. The van der Waals surface area contributed by atoms with Crippen LogP contribution in [0.2, 0.25) is 0 Å². The molecule has 190 valence electrons. The summed E-state index contributed by atoms with van der Waals surface area (Å²) in [5, 5.41) is 14.1. The van der Waals surface area contributed by atoms with Crippen LogP contribution in [0.15, 0.2) is 28.6 Å². The molecule has 0 saturated heterocycles. The van der Waals surface area contributed by atoms with Crippen LogP contribution in [0.3, 0.4) is 0 Å². The fourth-order valence-corrected chi connectivity index (χ4v) is 6.97. The highest BCUT2D eigenvalue weighted by molar-refractivity contribution is 8.02. The van der Waals surface area contributed by atoms with Crippen LogP contribution in [0.4, 0.5) is 10.1 Å².